The van der Waals surface area contributed by atoms with E-state index in [1.54, 1.807) is 0 Å². The van der Waals surface area contributed by atoms with Crippen molar-refractivity contribution in [2.75, 3.05) is 0 Å². The maximum atomic E-state index is 12.1. The number of hydrogen-bond donors (Lipinski definition) is 0. The Morgan fingerprint density at radius 2 is 1.14 bits per heavy atom. The van der Waals surface area contributed by atoms with Gasteiger partial charge in [0, 0.05) is 0 Å². The van der Waals surface area contributed by atoms with Gasteiger partial charge in [-0.05, 0) is 31.6 Å². The number of nitrogens with zero attached hydrogens (tertiary/aromatic N) is 1. The second-order valence-corrected chi connectivity index (χ2v) is 8.78. The van der Waals surface area contributed by atoms with E-state index in [1.165, 1.54) is 57.8 Å². The van der Waals surface area contributed by atoms with Crippen molar-refractivity contribution in [3.05, 3.63) is 12.7 Å². The predicted molar refractivity (Wildman–Crippen MR) is 106 cm³/mol. The number of rotatable bonds is 18. The summed E-state index contributed by atoms with van der Waals surface area (Å²) in [5, 5.41) is 11.2. The molecule has 0 bridgehead atoms. The molecule has 0 saturated carbocycles. The summed E-state index contributed by atoms with van der Waals surface area (Å²) in [6, 6.07) is 0. The first-order chi connectivity index (χ1) is 13.2. The topological polar surface area (TPSA) is 69.6 Å². The number of sulfonamides is 1. The molecule has 0 fully saturated rings. The summed E-state index contributed by atoms with van der Waals surface area (Å²) in [5.41, 5.74) is -5.51. The molecule has 0 radical (unpaired) electrons. The minimum Gasteiger partial charge on any atom is -0.861 e. The quantitative estimate of drug-likeness (QED) is 0.116. The zero-order valence-electron chi connectivity index (χ0n) is 16.8. The number of unbranched alkanes of at least 4 members (excludes halogenated alkanes) is 14. The van der Waals surface area contributed by atoms with Crippen LogP contribution in [-0.4, -0.2) is 19.8 Å². The molecule has 0 aliphatic carbocycles. The van der Waals surface area contributed by atoms with Crippen molar-refractivity contribution >= 4 is 15.9 Å². The van der Waals surface area contributed by atoms with Gasteiger partial charge in [-0.1, -0.05) is 83.1 Å². The van der Waals surface area contributed by atoms with Crippen LogP contribution in [0.2, 0.25) is 0 Å². The van der Waals surface area contributed by atoms with Crippen molar-refractivity contribution in [2.45, 2.75) is 108 Å². The van der Waals surface area contributed by atoms with Gasteiger partial charge in [-0.3, -0.25) is 0 Å². The summed E-state index contributed by atoms with van der Waals surface area (Å²) in [4.78, 5) is 0. The summed E-state index contributed by atoms with van der Waals surface area (Å²) in [6.45, 7) is 3.72. The fourth-order valence-corrected chi connectivity index (χ4v) is 3.38. The Labute approximate surface area is 168 Å². The first-order valence-electron chi connectivity index (χ1n) is 10.4. The monoisotopic (exact) mass is 426 g/mol. The van der Waals surface area contributed by atoms with Crippen LogP contribution < -0.4 is 5.11 Å². The lowest BCUT2D eigenvalue weighted by Crippen LogP contribution is -2.26. The first-order valence-corrected chi connectivity index (χ1v) is 11.8. The zero-order chi connectivity index (χ0) is 21.3. The summed E-state index contributed by atoms with van der Waals surface area (Å²) in [7, 11) is -5.70. The van der Waals surface area contributed by atoms with Gasteiger partial charge in [-0.15, -0.1) is 6.58 Å². The van der Waals surface area contributed by atoms with Crippen LogP contribution in [-0.2, 0) is 10.0 Å². The highest BCUT2D eigenvalue weighted by atomic mass is 32.2. The molecule has 0 unspecified atom stereocenters. The van der Waals surface area contributed by atoms with Crippen molar-refractivity contribution in [2.24, 2.45) is 4.40 Å². The highest BCUT2D eigenvalue weighted by Gasteiger charge is 2.45. The molecule has 0 saturated heterocycles. The lowest BCUT2D eigenvalue weighted by atomic mass is 10.0. The van der Waals surface area contributed by atoms with Gasteiger partial charge in [0.25, 0.3) is 0 Å². The maximum absolute atomic E-state index is 12.1. The second-order valence-electron chi connectivity index (χ2n) is 7.18. The van der Waals surface area contributed by atoms with Crippen LogP contribution in [0.1, 0.15) is 103 Å². The number of allylic oxidation sites excluding steroid dienone is 1. The molecule has 0 rings (SSSR count). The van der Waals surface area contributed by atoms with E-state index in [0.29, 0.717) is 12.8 Å². The molecule has 0 atom stereocenters. The lowest BCUT2D eigenvalue weighted by Gasteiger charge is -2.11. The van der Waals surface area contributed by atoms with E-state index in [4.69, 9.17) is 0 Å². The Hall–Kier alpha value is -1.05. The summed E-state index contributed by atoms with van der Waals surface area (Å²) < 4.78 is 60.0. The van der Waals surface area contributed by atoms with Crippen LogP contribution in [0.5, 0.6) is 0 Å². The minimum absolute atomic E-state index is 0.261. The Morgan fingerprint density at radius 1 is 0.786 bits per heavy atom. The molecule has 0 N–H and O–H groups in total. The number of alkyl halides is 3. The van der Waals surface area contributed by atoms with Gasteiger partial charge in [0.05, 0.1) is 0 Å². The maximum Gasteiger partial charge on any atom is 0.518 e. The van der Waals surface area contributed by atoms with E-state index < -0.39 is 21.4 Å². The molecule has 0 aromatic carbocycles. The van der Waals surface area contributed by atoms with Crippen LogP contribution in [0.15, 0.2) is 17.1 Å². The molecule has 0 aromatic heterocycles. The van der Waals surface area contributed by atoms with Gasteiger partial charge in [-0.2, -0.15) is 26.0 Å². The largest absolute Gasteiger partial charge is 0.861 e. The van der Waals surface area contributed by atoms with E-state index in [-0.39, 0.29) is 6.42 Å². The van der Waals surface area contributed by atoms with E-state index in [2.05, 4.69) is 11.0 Å². The average molecular weight is 427 g/mol. The third-order valence-corrected chi connectivity index (χ3v) is 5.59. The van der Waals surface area contributed by atoms with Gasteiger partial charge in [-0.25, -0.2) is 0 Å². The normalized spacial score (nSPS) is 13.0. The molecule has 8 heteroatoms. The number of hydrogen-bond acceptors (Lipinski definition) is 3. The Morgan fingerprint density at radius 3 is 1.50 bits per heavy atom. The summed E-state index contributed by atoms with van der Waals surface area (Å²) >= 11 is 0. The highest BCUT2D eigenvalue weighted by Crippen LogP contribution is 2.24. The molecule has 0 aliphatic rings. The molecule has 0 amide bonds. The molecule has 0 aliphatic heterocycles. The fourth-order valence-electron chi connectivity index (χ4n) is 2.92. The Kier molecular flexibility index (Phi) is 15.2. The Balaban J connectivity index is 3.46. The molecule has 166 valence electrons. The predicted octanol–water partition coefficient (Wildman–Crippen LogP) is 6.02. The van der Waals surface area contributed by atoms with Crippen molar-refractivity contribution in [1.82, 2.24) is 0 Å². The van der Waals surface area contributed by atoms with E-state index in [0.717, 1.165) is 25.7 Å². The van der Waals surface area contributed by atoms with Crippen LogP contribution in [0.3, 0.4) is 0 Å². The third kappa shape index (κ3) is 14.9. The lowest BCUT2D eigenvalue weighted by molar-refractivity contribution is -0.218. The minimum atomic E-state index is -5.70. The fraction of sp³-hybridized carbons (Fsp3) is 0.850. The second kappa shape index (κ2) is 15.8. The van der Waals surface area contributed by atoms with Crippen molar-refractivity contribution in [1.29, 1.82) is 0 Å². The van der Waals surface area contributed by atoms with Gasteiger partial charge in [0.1, 0.15) is 0 Å². The van der Waals surface area contributed by atoms with Crippen molar-refractivity contribution < 1.29 is 26.7 Å². The van der Waals surface area contributed by atoms with Gasteiger partial charge in [0.2, 0.25) is 0 Å². The highest BCUT2D eigenvalue weighted by molar-refractivity contribution is 7.91. The van der Waals surface area contributed by atoms with Gasteiger partial charge in [0.15, 0.2) is 0 Å². The molecule has 4 nitrogen and oxygen atoms in total. The standard InChI is InChI=1S/C20H36F3NO3S/c1-2-3-4-5-6-7-8-9-10-11-12-13-14-15-16-17-18-19(25)24-28(26,27)20(21,22)23/h2H,1,3-18H2,(H,24,25)/p-1. The van der Waals surface area contributed by atoms with E-state index in [1.807, 2.05) is 6.08 Å². The summed E-state index contributed by atoms with van der Waals surface area (Å²) in [6.07, 6.45) is 18.3. The van der Waals surface area contributed by atoms with Crippen LogP contribution in [0, 0.1) is 0 Å². The number of halogens is 3. The zero-order valence-corrected chi connectivity index (χ0v) is 17.6. The average Bonchev–Trinajstić information content (AvgIpc) is 2.60. The molecule has 0 spiro atoms. The van der Waals surface area contributed by atoms with Crippen LogP contribution in [0.25, 0.3) is 0 Å². The first kappa shape index (κ1) is 27.0. The SMILES string of the molecule is C=CCCCCCCCCCCCCCCCC/C([O-])=N/S(=O)(=O)C(F)(F)F. The molecular formula is C20H35F3NO3S-. The summed E-state index contributed by atoms with van der Waals surface area (Å²) in [5.74, 6) is -1.22. The molecular weight excluding hydrogens is 391 g/mol. The Bertz CT molecular complexity index is 531. The third-order valence-electron chi connectivity index (χ3n) is 4.56. The van der Waals surface area contributed by atoms with Gasteiger partial charge < -0.3 is 5.11 Å². The van der Waals surface area contributed by atoms with E-state index >= 15 is 0 Å². The van der Waals surface area contributed by atoms with E-state index in [9.17, 15) is 26.7 Å². The van der Waals surface area contributed by atoms with Crippen LogP contribution >= 0.6 is 0 Å². The molecule has 0 heterocycles. The van der Waals surface area contributed by atoms with Crippen molar-refractivity contribution in [3.8, 4) is 0 Å². The molecule has 28 heavy (non-hydrogen) atoms. The molecule has 0 aromatic rings. The van der Waals surface area contributed by atoms with Crippen molar-refractivity contribution in [3.63, 3.8) is 0 Å². The van der Waals surface area contributed by atoms with Gasteiger partial charge >= 0.3 is 15.5 Å². The van der Waals surface area contributed by atoms with Crippen LogP contribution in [0.4, 0.5) is 13.2 Å². The smallest absolute Gasteiger partial charge is 0.518 e.